The Morgan fingerprint density at radius 1 is 1.17 bits per heavy atom. The van der Waals surface area contributed by atoms with Crippen molar-refractivity contribution in [3.8, 4) is 5.75 Å². The summed E-state index contributed by atoms with van der Waals surface area (Å²) in [4.78, 5) is 45.8. The SMILES string of the molecule is C=CCCOC(=O)[C@@H]1[C@@H]2CCC3(S2)C(C(=O)N(CC=C)c2ccc(OC)cc2)N([C@H](CO)c2ccccc2)C(=O)[C@H]13. The molecule has 2 bridgehead atoms. The van der Waals surface area contributed by atoms with E-state index < -0.39 is 34.6 Å². The molecule has 1 N–H and O–H groups in total. The predicted molar refractivity (Wildman–Crippen MR) is 159 cm³/mol. The van der Waals surface area contributed by atoms with Gasteiger partial charge in [0.2, 0.25) is 5.91 Å². The molecule has 216 valence electrons. The van der Waals surface area contributed by atoms with Gasteiger partial charge in [0, 0.05) is 17.5 Å². The third kappa shape index (κ3) is 4.95. The van der Waals surface area contributed by atoms with Crippen LogP contribution in [0.1, 0.15) is 30.9 Å². The summed E-state index contributed by atoms with van der Waals surface area (Å²) in [6.45, 7) is 7.61. The molecule has 2 aromatic rings. The van der Waals surface area contributed by atoms with Gasteiger partial charge in [0.15, 0.2) is 0 Å². The number of aliphatic hydroxyl groups is 1. The number of carbonyl (C=O) groups is 3. The number of ether oxygens (including phenoxy) is 2. The smallest absolute Gasteiger partial charge is 0.310 e. The van der Waals surface area contributed by atoms with Crippen LogP contribution in [0, 0.1) is 11.8 Å². The molecule has 0 radical (unpaired) electrons. The van der Waals surface area contributed by atoms with Crippen molar-refractivity contribution < 1.29 is 29.0 Å². The number of esters is 1. The average molecular weight is 577 g/mol. The molecule has 41 heavy (non-hydrogen) atoms. The van der Waals surface area contributed by atoms with E-state index in [0.29, 0.717) is 30.7 Å². The van der Waals surface area contributed by atoms with Crippen molar-refractivity contribution in [1.82, 2.24) is 4.90 Å². The molecule has 3 aliphatic rings. The van der Waals surface area contributed by atoms with E-state index in [1.807, 2.05) is 30.3 Å². The molecule has 0 saturated carbocycles. The van der Waals surface area contributed by atoms with Crippen LogP contribution in [0.5, 0.6) is 5.75 Å². The van der Waals surface area contributed by atoms with E-state index in [2.05, 4.69) is 13.2 Å². The van der Waals surface area contributed by atoms with Crippen molar-refractivity contribution in [3.63, 3.8) is 0 Å². The Hall–Kier alpha value is -3.56. The maximum absolute atomic E-state index is 14.7. The summed E-state index contributed by atoms with van der Waals surface area (Å²) in [5, 5.41) is 10.6. The molecule has 2 unspecified atom stereocenters. The Bertz CT molecular complexity index is 1300. The molecule has 3 fully saturated rings. The summed E-state index contributed by atoms with van der Waals surface area (Å²) in [6, 6.07) is 14.7. The minimum atomic E-state index is -0.902. The second-order valence-electron chi connectivity index (χ2n) is 10.6. The van der Waals surface area contributed by atoms with Crippen LogP contribution in [0.3, 0.4) is 0 Å². The van der Waals surface area contributed by atoms with Gasteiger partial charge in [-0.05, 0) is 49.1 Å². The van der Waals surface area contributed by atoms with Gasteiger partial charge in [-0.1, -0.05) is 42.5 Å². The van der Waals surface area contributed by atoms with Crippen molar-refractivity contribution in [2.75, 3.05) is 31.8 Å². The van der Waals surface area contributed by atoms with Crippen LogP contribution in [0.2, 0.25) is 0 Å². The largest absolute Gasteiger partial charge is 0.497 e. The number of thioether (sulfide) groups is 1. The normalized spacial score (nSPS) is 26.8. The molecule has 1 spiro atoms. The summed E-state index contributed by atoms with van der Waals surface area (Å²) in [5.74, 6) is -1.70. The van der Waals surface area contributed by atoms with E-state index in [0.717, 1.165) is 5.56 Å². The number of fused-ring (bicyclic) bond motifs is 1. The first kappa shape index (κ1) is 29.0. The first-order valence-corrected chi connectivity index (χ1v) is 14.8. The predicted octanol–water partition coefficient (Wildman–Crippen LogP) is 4.16. The van der Waals surface area contributed by atoms with Gasteiger partial charge in [0.1, 0.15) is 11.8 Å². The Balaban J connectivity index is 1.60. The van der Waals surface area contributed by atoms with Gasteiger partial charge in [0.25, 0.3) is 5.91 Å². The van der Waals surface area contributed by atoms with E-state index in [9.17, 15) is 19.5 Å². The van der Waals surface area contributed by atoms with Gasteiger partial charge in [0.05, 0.1) is 42.9 Å². The van der Waals surface area contributed by atoms with Crippen molar-refractivity contribution in [2.24, 2.45) is 11.8 Å². The van der Waals surface area contributed by atoms with Crippen LogP contribution >= 0.6 is 11.8 Å². The zero-order chi connectivity index (χ0) is 29.1. The maximum Gasteiger partial charge on any atom is 0.310 e. The monoisotopic (exact) mass is 576 g/mol. The summed E-state index contributed by atoms with van der Waals surface area (Å²) in [5.41, 5.74) is 1.36. The second kappa shape index (κ2) is 12.1. The van der Waals surface area contributed by atoms with Gasteiger partial charge in [-0.15, -0.1) is 24.9 Å². The van der Waals surface area contributed by atoms with Crippen molar-refractivity contribution in [1.29, 1.82) is 0 Å². The second-order valence-corrected chi connectivity index (χ2v) is 12.2. The Labute approximate surface area is 245 Å². The minimum Gasteiger partial charge on any atom is -0.497 e. The molecule has 3 aliphatic heterocycles. The van der Waals surface area contributed by atoms with Gasteiger partial charge < -0.3 is 24.4 Å². The van der Waals surface area contributed by atoms with Crippen LogP contribution < -0.4 is 9.64 Å². The first-order valence-electron chi connectivity index (χ1n) is 13.9. The Kier molecular flexibility index (Phi) is 8.56. The molecule has 2 amide bonds. The van der Waals surface area contributed by atoms with Crippen molar-refractivity contribution in [2.45, 2.75) is 41.3 Å². The third-order valence-corrected chi connectivity index (χ3v) is 10.4. The van der Waals surface area contributed by atoms with E-state index in [1.54, 1.807) is 65.1 Å². The van der Waals surface area contributed by atoms with Crippen LogP contribution in [0.15, 0.2) is 79.9 Å². The highest BCUT2D eigenvalue weighted by Gasteiger charge is 2.75. The zero-order valence-corrected chi connectivity index (χ0v) is 24.0. The minimum absolute atomic E-state index is 0.115. The molecule has 0 aliphatic carbocycles. The quantitative estimate of drug-likeness (QED) is 0.230. The third-order valence-electron chi connectivity index (χ3n) is 8.47. The lowest BCUT2D eigenvalue weighted by atomic mass is 9.71. The molecule has 5 rings (SSSR count). The van der Waals surface area contributed by atoms with Gasteiger partial charge in [-0.25, -0.2) is 0 Å². The van der Waals surface area contributed by atoms with Crippen LogP contribution in [0.25, 0.3) is 0 Å². The maximum atomic E-state index is 14.7. The topological polar surface area (TPSA) is 96.4 Å². The summed E-state index contributed by atoms with van der Waals surface area (Å²) < 4.78 is 10.1. The number of hydrogen-bond donors (Lipinski definition) is 1. The molecule has 3 saturated heterocycles. The number of benzene rings is 2. The lowest BCUT2D eigenvalue weighted by Crippen LogP contribution is -2.56. The fraction of sp³-hybridized carbons (Fsp3) is 0.406. The lowest BCUT2D eigenvalue weighted by Gasteiger charge is -2.39. The number of rotatable bonds is 12. The van der Waals surface area contributed by atoms with E-state index in [4.69, 9.17) is 9.47 Å². The molecule has 2 aromatic carbocycles. The highest BCUT2D eigenvalue weighted by Crippen LogP contribution is 2.67. The molecule has 3 heterocycles. The van der Waals surface area contributed by atoms with Crippen LogP contribution in [-0.2, 0) is 19.1 Å². The summed E-state index contributed by atoms with van der Waals surface area (Å²) in [7, 11) is 1.58. The molecule has 8 nitrogen and oxygen atoms in total. The molecule has 9 heteroatoms. The number of nitrogens with zero attached hydrogens (tertiary/aromatic N) is 2. The summed E-state index contributed by atoms with van der Waals surface area (Å²) >= 11 is 1.57. The number of anilines is 1. The Morgan fingerprint density at radius 2 is 1.90 bits per heavy atom. The first-order chi connectivity index (χ1) is 19.9. The highest BCUT2D eigenvalue weighted by molar-refractivity contribution is 8.02. The summed E-state index contributed by atoms with van der Waals surface area (Å²) in [6.07, 6.45) is 5.16. The van der Waals surface area contributed by atoms with Crippen molar-refractivity contribution >= 4 is 35.2 Å². The average Bonchev–Trinajstić information content (AvgIpc) is 3.64. The van der Waals surface area contributed by atoms with Crippen LogP contribution in [0.4, 0.5) is 5.69 Å². The molecule has 0 aromatic heterocycles. The lowest BCUT2D eigenvalue weighted by molar-refractivity contribution is -0.154. The van der Waals surface area contributed by atoms with E-state index >= 15 is 0 Å². The number of likely N-dealkylation sites (tertiary alicyclic amines) is 1. The number of methoxy groups -OCH3 is 1. The number of amides is 2. The number of carbonyl (C=O) groups excluding carboxylic acids is 3. The van der Waals surface area contributed by atoms with Gasteiger partial charge in [-0.2, -0.15) is 0 Å². The molecular weight excluding hydrogens is 540 g/mol. The highest BCUT2D eigenvalue weighted by atomic mass is 32.2. The zero-order valence-electron chi connectivity index (χ0n) is 23.2. The van der Waals surface area contributed by atoms with Gasteiger partial charge in [-0.3, -0.25) is 14.4 Å². The van der Waals surface area contributed by atoms with Crippen molar-refractivity contribution in [3.05, 3.63) is 85.5 Å². The van der Waals surface area contributed by atoms with Crippen LogP contribution in [-0.4, -0.2) is 70.7 Å². The van der Waals surface area contributed by atoms with E-state index in [1.165, 1.54) is 0 Å². The standard InChI is InChI=1S/C32H36N2O6S/c1-4-6-19-40-31(38)26-25-16-17-32(41-25)27(26)29(36)34(24(20-35)21-10-8-7-9-11-21)28(32)30(37)33(18-5-2)22-12-14-23(39-3)15-13-22/h4-5,7-15,24-28,35H,1-2,6,16-20H2,3H3/t24-,25+,26-,27+,28?,32?/m1/s1. The molecule has 6 atom stereocenters. The number of hydrogen-bond acceptors (Lipinski definition) is 7. The fourth-order valence-electron chi connectivity index (χ4n) is 6.70. The number of aliphatic hydroxyl groups excluding tert-OH is 1. The van der Waals surface area contributed by atoms with Gasteiger partial charge >= 0.3 is 5.97 Å². The molecular formula is C32H36N2O6S. The van der Waals surface area contributed by atoms with E-state index in [-0.39, 0.29) is 36.8 Å². The fourth-order valence-corrected chi connectivity index (χ4v) is 8.89. The Morgan fingerprint density at radius 3 is 2.54 bits per heavy atom.